The van der Waals surface area contributed by atoms with Gasteiger partial charge in [0.15, 0.2) is 0 Å². The first-order chi connectivity index (χ1) is 42.2. The number of carbonyl (C=O) groups is 1. The third-order valence-electron chi connectivity index (χ3n) is 15.2. The number of sulfonamides is 1. The predicted octanol–water partition coefficient (Wildman–Crippen LogP) is 20.6. The van der Waals surface area contributed by atoms with E-state index in [2.05, 4.69) is 156 Å². The second-order valence-corrected chi connectivity index (χ2v) is 24.9. The molecule has 0 heterocycles. The molecule has 11 rings (SSSR count). The number of nitrogens with one attached hydrogen (secondary N) is 2. The maximum atomic E-state index is 12.9. The van der Waals surface area contributed by atoms with Crippen LogP contribution in [0.15, 0.2) is 231 Å². The maximum Gasteiger partial charge on any atom is 0.516 e. The van der Waals surface area contributed by atoms with Gasteiger partial charge in [-0.1, -0.05) is 164 Å². The molecule has 454 valence electrons. The monoisotopic (exact) mass is 1210 g/mol. The summed E-state index contributed by atoms with van der Waals surface area (Å²) in [5.41, 5.74) is 9.17. The Kier molecular flexibility index (Phi) is 18.9. The summed E-state index contributed by atoms with van der Waals surface area (Å²) in [5, 5.41) is 28.4. The second-order valence-electron chi connectivity index (χ2n) is 23.3. The van der Waals surface area contributed by atoms with Crippen LogP contribution < -0.4 is 24.7 Å². The highest BCUT2D eigenvalue weighted by Gasteiger charge is 2.46. The summed E-state index contributed by atoms with van der Waals surface area (Å²) in [7, 11) is -5.52. The lowest BCUT2D eigenvalue weighted by Crippen LogP contribution is -2.30. The number of halogens is 3. The number of phenolic OH excluding ortho intramolecular Hbond substituents is 2. The van der Waals surface area contributed by atoms with Crippen molar-refractivity contribution < 1.29 is 36.6 Å². The second kappa shape index (κ2) is 26.5. The number of nitrogens with zero attached hydrogens (tertiary/aromatic N) is 3. The quantitative estimate of drug-likeness (QED) is 0.0953. The van der Waals surface area contributed by atoms with Crippen LogP contribution in [0.25, 0.3) is 21.5 Å². The average molecular weight is 1210 g/mol. The molecule has 0 atom stereocenters. The number of hydrogen-bond donors (Lipinski definition) is 4. The van der Waals surface area contributed by atoms with Crippen molar-refractivity contribution in [1.29, 1.82) is 0 Å². The van der Waals surface area contributed by atoms with Crippen LogP contribution >= 0.6 is 0 Å². The lowest BCUT2D eigenvalue weighted by atomic mass is 9.95. The molecule has 0 aliphatic carbocycles. The van der Waals surface area contributed by atoms with Crippen molar-refractivity contribution in [3.63, 3.8) is 0 Å². The van der Waals surface area contributed by atoms with Crippen LogP contribution in [-0.4, -0.2) is 30.0 Å². The number of rotatable bonds is 12. The highest BCUT2D eigenvalue weighted by molar-refractivity contribution is 7.93. The predicted molar refractivity (Wildman–Crippen MR) is 362 cm³/mol. The molecule has 0 radical (unpaired) electrons. The molecule has 0 spiro atoms. The largest absolute Gasteiger partial charge is 0.516 e. The zero-order valence-corrected chi connectivity index (χ0v) is 52.3. The molecule has 0 fully saturated rings. The van der Waals surface area contributed by atoms with Gasteiger partial charge in [-0.3, -0.25) is 9.52 Å². The molecule has 0 aliphatic rings. The number of aromatic hydroxyl groups is 2. The molecular weight excluding hydrogens is 1140 g/mol. The molecule has 14 heteroatoms. The standard InChI is InChI=1S/C27H21NO2.C26H30N2O.C22H21F3N2O2S/c1-18-26(29)16-25(17-27(18)30)28(23-12-10-19-6-2-4-8-21(19)14-23)24-13-11-20-7-3-5-9-22(20)15-24;1-18-7-12-21(13-8-18)28(22-14-9-19(2)10-15-22)23-16-11-20(3)24(17-23)27-25(29)26(4,5)6;1-15-4-9-18(10-5-15)27(19-11-6-16(2)7-12-19)20-13-8-17(3)21(14-20)26-30(28,29)22(23,24)25/h2-17,29-30H,1H3;7-17H,1-6H3,(H,27,29);4-14,26H,1-3H3. The van der Waals surface area contributed by atoms with Gasteiger partial charge in [0, 0.05) is 74.3 Å². The summed E-state index contributed by atoms with van der Waals surface area (Å²) in [4.78, 5) is 18.7. The van der Waals surface area contributed by atoms with Crippen LogP contribution in [0.4, 0.5) is 75.7 Å². The Morgan fingerprint density at radius 1 is 0.382 bits per heavy atom. The van der Waals surface area contributed by atoms with Gasteiger partial charge in [0.25, 0.3) is 0 Å². The molecule has 11 aromatic rings. The number of amides is 1. The fourth-order valence-corrected chi connectivity index (χ4v) is 10.4. The van der Waals surface area contributed by atoms with E-state index in [1.54, 1.807) is 42.8 Å². The summed E-state index contributed by atoms with van der Waals surface area (Å²) >= 11 is 0. The SMILES string of the molecule is Cc1c(O)cc(N(c2ccc3ccccc3c2)c2ccc3ccccc3c2)cc1O.Cc1ccc(N(c2ccc(C)cc2)c2ccc(C)c(NC(=O)C(C)(C)C)c2)cc1.Cc1ccc(N(c2ccc(C)cc2)c2ccc(C)c(NS(=O)(=O)C(F)(F)F)c2)cc1. The first-order valence-corrected chi connectivity index (χ1v) is 30.5. The Bertz CT molecular complexity index is 4240. The fourth-order valence-electron chi connectivity index (χ4n) is 9.80. The van der Waals surface area contributed by atoms with Crippen LogP contribution in [0.2, 0.25) is 0 Å². The number of anilines is 11. The highest BCUT2D eigenvalue weighted by Crippen LogP contribution is 2.43. The van der Waals surface area contributed by atoms with E-state index in [1.807, 2.05) is 119 Å². The fraction of sp³-hybridized carbons (Fsp3) is 0.160. The number of aryl methyl sites for hydroxylation is 6. The zero-order valence-electron chi connectivity index (χ0n) is 51.4. The topological polar surface area (TPSA) is 125 Å². The maximum absolute atomic E-state index is 12.9. The summed E-state index contributed by atoms with van der Waals surface area (Å²) in [6.45, 7) is 19.1. The number of fused-ring (bicyclic) bond motifs is 2. The van der Waals surface area contributed by atoms with Crippen molar-refractivity contribution >= 4 is 100 Å². The van der Waals surface area contributed by atoms with E-state index in [4.69, 9.17) is 0 Å². The Balaban J connectivity index is 0.000000159. The van der Waals surface area contributed by atoms with Gasteiger partial charge in [0.2, 0.25) is 5.91 Å². The van der Waals surface area contributed by atoms with E-state index >= 15 is 0 Å². The molecule has 0 saturated carbocycles. The molecule has 11 aromatic carbocycles. The highest BCUT2D eigenvalue weighted by atomic mass is 32.2. The van der Waals surface area contributed by atoms with Gasteiger partial charge in [-0.15, -0.1) is 0 Å². The van der Waals surface area contributed by atoms with Crippen LogP contribution in [0, 0.1) is 53.9 Å². The Hall–Kier alpha value is -10.1. The minimum absolute atomic E-state index is 0.00923. The number of benzene rings is 11. The number of carbonyl (C=O) groups excluding carboxylic acids is 1. The summed E-state index contributed by atoms with van der Waals surface area (Å²) < 4.78 is 63.5. The molecule has 10 nitrogen and oxygen atoms in total. The van der Waals surface area contributed by atoms with Gasteiger partial charge in [-0.05, 0) is 178 Å². The Morgan fingerprint density at radius 2 is 0.685 bits per heavy atom. The third-order valence-corrected chi connectivity index (χ3v) is 16.3. The lowest BCUT2D eigenvalue weighted by molar-refractivity contribution is -0.123. The minimum atomic E-state index is -5.52. The Morgan fingerprint density at radius 3 is 1.04 bits per heavy atom. The van der Waals surface area contributed by atoms with Gasteiger partial charge < -0.3 is 30.2 Å². The van der Waals surface area contributed by atoms with Crippen molar-refractivity contribution in [3.8, 4) is 11.5 Å². The number of phenols is 2. The molecule has 0 aromatic heterocycles. The molecule has 89 heavy (non-hydrogen) atoms. The molecule has 0 aliphatic heterocycles. The summed E-state index contributed by atoms with van der Waals surface area (Å²) in [6, 6.07) is 75.6. The summed E-state index contributed by atoms with van der Waals surface area (Å²) in [5.74, 6) is 0.142. The lowest BCUT2D eigenvalue weighted by Gasteiger charge is -2.27. The third kappa shape index (κ3) is 15.2. The van der Waals surface area contributed by atoms with Crippen LogP contribution in [0.3, 0.4) is 0 Å². The van der Waals surface area contributed by atoms with Crippen molar-refractivity contribution in [3.05, 3.63) is 269 Å². The first kappa shape index (κ1) is 63.5. The number of hydrogen-bond acceptors (Lipinski definition) is 8. The van der Waals surface area contributed by atoms with E-state index in [1.165, 1.54) is 17.2 Å². The van der Waals surface area contributed by atoms with Crippen molar-refractivity contribution in [2.24, 2.45) is 5.41 Å². The van der Waals surface area contributed by atoms with Gasteiger partial charge in [-0.25, -0.2) is 0 Å². The van der Waals surface area contributed by atoms with Crippen LogP contribution in [-0.2, 0) is 14.8 Å². The molecule has 4 N–H and O–H groups in total. The number of alkyl halides is 3. The van der Waals surface area contributed by atoms with Crippen molar-refractivity contribution in [2.45, 2.75) is 74.7 Å². The van der Waals surface area contributed by atoms with E-state index in [-0.39, 0.29) is 23.1 Å². The van der Waals surface area contributed by atoms with Crippen LogP contribution in [0.1, 0.15) is 59.7 Å². The van der Waals surface area contributed by atoms with Gasteiger partial charge in [0.1, 0.15) is 11.5 Å². The molecule has 0 bridgehead atoms. The van der Waals surface area contributed by atoms with E-state index in [0.717, 1.165) is 83.7 Å². The summed E-state index contributed by atoms with van der Waals surface area (Å²) in [6.07, 6.45) is 0. The van der Waals surface area contributed by atoms with Crippen molar-refractivity contribution in [2.75, 3.05) is 24.7 Å². The van der Waals surface area contributed by atoms with E-state index in [9.17, 15) is 36.6 Å². The van der Waals surface area contributed by atoms with Gasteiger partial charge in [-0.2, -0.15) is 21.6 Å². The van der Waals surface area contributed by atoms with Crippen molar-refractivity contribution in [1.82, 2.24) is 0 Å². The molecule has 1 amide bonds. The Labute approximate surface area is 519 Å². The van der Waals surface area contributed by atoms with E-state index < -0.39 is 20.9 Å². The first-order valence-electron chi connectivity index (χ1n) is 29.0. The van der Waals surface area contributed by atoms with E-state index in [0.29, 0.717) is 22.5 Å². The molecule has 0 unspecified atom stereocenters. The van der Waals surface area contributed by atoms with Gasteiger partial charge in [0.05, 0.1) is 11.4 Å². The van der Waals surface area contributed by atoms with Crippen LogP contribution in [0.5, 0.6) is 11.5 Å². The average Bonchev–Trinajstić information content (AvgIpc) is 1.47. The smallest absolute Gasteiger partial charge is 0.507 e. The minimum Gasteiger partial charge on any atom is -0.507 e. The normalized spacial score (nSPS) is 11.4. The molecular formula is C75H72F3N5O5S. The zero-order chi connectivity index (χ0) is 64.0. The molecule has 0 saturated heterocycles. The van der Waals surface area contributed by atoms with Gasteiger partial charge >= 0.3 is 15.5 Å².